The predicted molar refractivity (Wildman–Crippen MR) is 110 cm³/mol. The van der Waals surface area contributed by atoms with Crippen LogP contribution < -0.4 is 10.6 Å². The van der Waals surface area contributed by atoms with Gasteiger partial charge in [-0.05, 0) is 38.5 Å². The van der Waals surface area contributed by atoms with Gasteiger partial charge in [-0.3, -0.25) is 0 Å². The van der Waals surface area contributed by atoms with E-state index in [4.69, 9.17) is 21.1 Å². The molecule has 2 rings (SSSR count). The Morgan fingerprint density at radius 1 is 1.25 bits per heavy atom. The van der Waals surface area contributed by atoms with Crippen LogP contribution in [0.3, 0.4) is 0 Å². The first kappa shape index (κ1) is 22.0. The van der Waals surface area contributed by atoms with Gasteiger partial charge in [0.1, 0.15) is 11.6 Å². The van der Waals surface area contributed by atoms with Gasteiger partial charge in [0.15, 0.2) is 4.47 Å². The minimum Gasteiger partial charge on any atom is -0.467 e. The minimum atomic E-state index is -0.835. The standard InChI is InChI=1S/C19H24ClN3O4S/c1-19(2,3)27-18(25)23-15(16(24)26-4)9-12-5-7-13(8-6-12)21-10-14-11-22-17(20)28-14/h5-8,11,15,21H,9-10H2,1-4H3,(H,23,25). The first-order valence-electron chi connectivity index (χ1n) is 8.66. The lowest BCUT2D eigenvalue weighted by Gasteiger charge is -2.22. The van der Waals surface area contributed by atoms with Gasteiger partial charge in [-0.15, -0.1) is 11.3 Å². The smallest absolute Gasteiger partial charge is 0.408 e. The second kappa shape index (κ2) is 9.75. The van der Waals surface area contributed by atoms with Gasteiger partial charge in [0.25, 0.3) is 0 Å². The van der Waals surface area contributed by atoms with Gasteiger partial charge in [0.2, 0.25) is 0 Å². The van der Waals surface area contributed by atoms with E-state index in [2.05, 4.69) is 15.6 Å². The number of carbonyl (C=O) groups is 2. The van der Waals surface area contributed by atoms with E-state index >= 15 is 0 Å². The number of ether oxygens (including phenoxy) is 2. The van der Waals surface area contributed by atoms with Crippen molar-refractivity contribution in [2.75, 3.05) is 12.4 Å². The third kappa shape index (κ3) is 7.36. The van der Waals surface area contributed by atoms with Crippen molar-refractivity contribution in [3.63, 3.8) is 0 Å². The Labute approximate surface area is 173 Å². The highest BCUT2D eigenvalue weighted by molar-refractivity contribution is 7.15. The second-order valence-corrected chi connectivity index (χ2v) is 8.75. The molecule has 1 heterocycles. The molecule has 0 bridgehead atoms. The van der Waals surface area contributed by atoms with Crippen LogP contribution in [0, 0.1) is 0 Å². The topological polar surface area (TPSA) is 89.5 Å². The average Bonchev–Trinajstić information content (AvgIpc) is 3.03. The Kier molecular flexibility index (Phi) is 7.65. The van der Waals surface area contributed by atoms with Crippen LogP contribution in [0.5, 0.6) is 0 Å². The minimum absolute atomic E-state index is 0.288. The predicted octanol–water partition coefficient (Wildman–Crippen LogP) is 4.02. The van der Waals surface area contributed by atoms with Gasteiger partial charge in [0, 0.05) is 23.2 Å². The number of rotatable bonds is 7. The molecule has 28 heavy (non-hydrogen) atoms. The highest BCUT2D eigenvalue weighted by atomic mass is 35.5. The molecular weight excluding hydrogens is 402 g/mol. The summed E-state index contributed by atoms with van der Waals surface area (Å²) in [6.45, 7) is 5.89. The largest absolute Gasteiger partial charge is 0.467 e. The monoisotopic (exact) mass is 425 g/mol. The highest BCUT2D eigenvalue weighted by Gasteiger charge is 2.25. The molecular formula is C19H24ClN3O4S. The van der Waals surface area contributed by atoms with Gasteiger partial charge < -0.3 is 20.1 Å². The molecule has 0 aliphatic rings. The summed E-state index contributed by atoms with van der Waals surface area (Å²) in [6.07, 6.45) is 1.36. The molecule has 7 nitrogen and oxygen atoms in total. The lowest BCUT2D eigenvalue weighted by Crippen LogP contribution is -2.45. The zero-order valence-corrected chi connectivity index (χ0v) is 17.8. The summed E-state index contributed by atoms with van der Waals surface area (Å²) in [5, 5.41) is 5.84. The number of hydrogen-bond donors (Lipinski definition) is 2. The molecule has 1 atom stereocenters. The number of alkyl carbamates (subject to hydrolysis) is 1. The lowest BCUT2D eigenvalue weighted by molar-refractivity contribution is -0.143. The van der Waals surface area contributed by atoms with Crippen molar-refractivity contribution in [3.8, 4) is 0 Å². The molecule has 0 spiro atoms. The lowest BCUT2D eigenvalue weighted by atomic mass is 10.1. The molecule has 9 heteroatoms. The number of thiazole rings is 1. The Hall–Kier alpha value is -2.32. The molecule has 2 N–H and O–H groups in total. The van der Waals surface area contributed by atoms with Crippen LogP contribution in [0.15, 0.2) is 30.5 Å². The number of hydrogen-bond acceptors (Lipinski definition) is 7. The second-order valence-electron chi connectivity index (χ2n) is 7.06. The summed E-state index contributed by atoms with van der Waals surface area (Å²) < 4.78 is 10.5. The van der Waals surface area contributed by atoms with Crippen molar-refractivity contribution in [1.29, 1.82) is 0 Å². The molecule has 0 aliphatic heterocycles. The van der Waals surface area contributed by atoms with E-state index in [-0.39, 0.29) is 6.42 Å². The Morgan fingerprint density at radius 2 is 1.93 bits per heavy atom. The zero-order chi connectivity index (χ0) is 20.7. The summed E-state index contributed by atoms with van der Waals surface area (Å²) in [4.78, 5) is 29.0. The molecule has 0 radical (unpaired) electrons. The number of nitrogens with zero attached hydrogens (tertiary/aromatic N) is 1. The summed E-state index contributed by atoms with van der Waals surface area (Å²) in [6, 6.07) is 6.74. The number of esters is 1. The summed E-state index contributed by atoms with van der Waals surface area (Å²) in [7, 11) is 1.28. The molecule has 0 saturated heterocycles. The summed E-state index contributed by atoms with van der Waals surface area (Å²) in [5.74, 6) is -0.532. The maximum absolute atomic E-state index is 12.0. The SMILES string of the molecule is COC(=O)C(Cc1ccc(NCc2cnc(Cl)s2)cc1)NC(=O)OC(C)(C)C. The molecule has 1 unspecified atom stereocenters. The Balaban J connectivity index is 1.95. The van der Waals surface area contributed by atoms with Crippen LogP contribution in [-0.4, -0.2) is 35.8 Å². The van der Waals surface area contributed by atoms with Crippen LogP contribution in [0.2, 0.25) is 4.47 Å². The van der Waals surface area contributed by atoms with Crippen molar-refractivity contribution >= 4 is 40.7 Å². The number of nitrogens with one attached hydrogen (secondary N) is 2. The normalized spacial score (nSPS) is 12.2. The van der Waals surface area contributed by atoms with E-state index in [1.807, 2.05) is 24.3 Å². The van der Waals surface area contributed by atoms with Crippen molar-refractivity contribution in [3.05, 3.63) is 45.4 Å². The first-order valence-corrected chi connectivity index (χ1v) is 9.86. The van der Waals surface area contributed by atoms with E-state index in [0.717, 1.165) is 16.1 Å². The fourth-order valence-electron chi connectivity index (χ4n) is 2.33. The number of halogens is 1. The van der Waals surface area contributed by atoms with E-state index in [1.54, 1.807) is 27.0 Å². The molecule has 1 aromatic carbocycles. The summed E-state index contributed by atoms with van der Waals surface area (Å²) >= 11 is 7.25. The van der Waals surface area contributed by atoms with E-state index in [0.29, 0.717) is 11.0 Å². The third-order valence-corrected chi connectivity index (χ3v) is 4.68. The van der Waals surface area contributed by atoms with Crippen LogP contribution in [0.1, 0.15) is 31.2 Å². The number of methoxy groups -OCH3 is 1. The maximum Gasteiger partial charge on any atom is 0.408 e. The molecule has 0 fully saturated rings. The van der Waals surface area contributed by atoms with Crippen LogP contribution in [-0.2, 0) is 27.2 Å². The van der Waals surface area contributed by atoms with E-state index < -0.39 is 23.7 Å². The molecule has 0 aliphatic carbocycles. The fourth-order valence-corrected chi connectivity index (χ4v) is 3.25. The maximum atomic E-state index is 12.0. The van der Waals surface area contributed by atoms with Crippen LogP contribution in [0.25, 0.3) is 0 Å². The van der Waals surface area contributed by atoms with Crippen molar-refractivity contribution in [2.45, 2.75) is 45.4 Å². The van der Waals surface area contributed by atoms with Gasteiger partial charge in [-0.2, -0.15) is 0 Å². The third-order valence-electron chi connectivity index (χ3n) is 3.56. The highest BCUT2D eigenvalue weighted by Crippen LogP contribution is 2.19. The molecule has 152 valence electrons. The van der Waals surface area contributed by atoms with Crippen molar-refractivity contribution in [2.24, 2.45) is 0 Å². The van der Waals surface area contributed by atoms with Crippen LogP contribution >= 0.6 is 22.9 Å². The quantitative estimate of drug-likeness (QED) is 0.651. The molecule has 1 aromatic heterocycles. The van der Waals surface area contributed by atoms with Gasteiger partial charge in [0.05, 0.1) is 13.7 Å². The number of carbonyl (C=O) groups excluding carboxylic acids is 2. The van der Waals surface area contributed by atoms with Crippen molar-refractivity contribution < 1.29 is 19.1 Å². The number of amides is 1. The van der Waals surface area contributed by atoms with Gasteiger partial charge >= 0.3 is 12.1 Å². The van der Waals surface area contributed by atoms with E-state index in [9.17, 15) is 9.59 Å². The molecule has 1 amide bonds. The summed E-state index contributed by atoms with van der Waals surface area (Å²) in [5.41, 5.74) is 1.14. The van der Waals surface area contributed by atoms with Gasteiger partial charge in [-0.25, -0.2) is 14.6 Å². The molecule has 0 saturated carbocycles. The number of benzene rings is 1. The van der Waals surface area contributed by atoms with Crippen LogP contribution in [0.4, 0.5) is 10.5 Å². The van der Waals surface area contributed by atoms with E-state index in [1.165, 1.54) is 18.4 Å². The number of aromatic nitrogens is 1. The van der Waals surface area contributed by atoms with Gasteiger partial charge in [-0.1, -0.05) is 23.7 Å². The first-order chi connectivity index (χ1) is 13.2. The van der Waals surface area contributed by atoms with Crippen molar-refractivity contribution in [1.82, 2.24) is 10.3 Å². The zero-order valence-electron chi connectivity index (χ0n) is 16.2. The fraction of sp³-hybridized carbons (Fsp3) is 0.421. The average molecular weight is 426 g/mol. The molecule has 2 aromatic rings. The number of anilines is 1. The Morgan fingerprint density at radius 3 is 2.46 bits per heavy atom. The Bertz CT molecular complexity index is 802.